The number of carbonyl (C=O) groups is 2. The fraction of sp³-hybridized carbons (Fsp3) is 0.222. The van der Waals surface area contributed by atoms with Crippen molar-refractivity contribution in [3.05, 3.63) is 59.7 Å². The number of urea groups is 1. The molecule has 26 heavy (non-hydrogen) atoms. The summed E-state index contributed by atoms with van der Waals surface area (Å²) in [5.74, 6) is -1.10. The lowest BCUT2D eigenvalue weighted by molar-refractivity contribution is -0.138. The highest BCUT2D eigenvalue weighted by Crippen LogP contribution is 2.35. The van der Waals surface area contributed by atoms with Crippen molar-refractivity contribution in [2.45, 2.75) is 6.18 Å². The number of benzene rings is 2. The summed E-state index contributed by atoms with van der Waals surface area (Å²) in [6, 6.07) is 10.6. The normalized spacial score (nSPS) is 11.0. The highest BCUT2D eigenvalue weighted by atomic mass is 19.4. The molecule has 138 valence electrons. The van der Waals surface area contributed by atoms with E-state index in [1.165, 1.54) is 25.1 Å². The van der Waals surface area contributed by atoms with Crippen molar-refractivity contribution < 1.29 is 27.5 Å². The number of ether oxygens (including phenoxy) is 1. The molecule has 3 amide bonds. The number of hydrogen-bond acceptors (Lipinski definition) is 3. The molecule has 0 bridgehead atoms. The average Bonchev–Trinajstić information content (AvgIpc) is 2.65. The van der Waals surface area contributed by atoms with Crippen LogP contribution in [0.3, 0.4) is 0 Å². The first kappa shape index (κ1) is 19.3. The third kappa shape index (κ3) is 3.96. The molecule has 0 saturated carbocycles. The molecule has 2 aromatic carbocycles. The predicted octanol–water partition coefficient (Wildman–Crippen LogP) is 4.04. The molecule has 5 nitrogen and oxygen atoms in total. The van der Waals surface area contributed by atoms with Crippen LogP contribution in [0.1, 0.15) is 15.9 Å². The Labute approximate surface area is 148 Å². The van der Waals surface area contributed by atoms with Crippen LogP contribution in [0, 0.1) is 0 Å². The third-order valence-corrected chi connectivity index (χ3v) is 3.78. The topological polar surface area (TPSA) is 49.9 Å². The molecule has 0 heterocycles. The molecule has 0 radical (unpaired) electrons. The van der Waals surface area contributed by atoms with Crippen LogP contribution in [0.2, 0.25) is 0 Å². The number of alkyl halides is 3. The monoisotopic (exact) mass is 366 g/mol. The van der Waals surface area contributed by atoms with Gasteiger partial charge in [-0.15, -0.1) is 0 Å². The molecule has 0 aliphatic heterocycles. The van der Waals surface area contributed by atoms with Crippen molar-refractivity contribution in [3.8, 4) is 5.75 Å². The number of carbonyl (C=O) groups excluding carboxylic acids is 2. The molecule has 2 rings (SSSR count). The molecule has 0 saturated heterocycles. The number of para-hydroxylation sites is 1. The summed E-state index contributed by atoms with van der Waals surface area (Å²) >= 11 is 0. The number of halogens is 3. The van der Waals surface area contributed by atoms with Gasteiger partial charge in [-0.2, -0.15) is 13.2 Å². The maximum atomic E-state index is 13.3. The largest absolute Gasteiger partial charge is 0.497 e. The molecule has 0 spiro atoms. The summed E-state index contributed by atoms with van der Waals surface area (Å²) in [5.41, 5.74) is -1.29. The van der Waals surface area contributed by atoms with Gasteiger partial charge in [-0.25, -0.2) is 4.79 Å². The highest BCUT2D eigenvalue weighted by molar-refractivity contribution is 6.09. The molecule has 0 atom stereocenters. The highest BCUT2D eigenvalue weighted by Gasteiger charge is 2.37. The van der Waals surface area contributed by atoms with Crippen LogP contribution < -0.4 is 9.64 Å². The van der Waals surface area contributed by atoms with E-state index in [9.17, 15) is 22.8 Å². The van der Waals surface area contributed by atoms with Gasteiger partial charge in [0.25, 0.3) is 5.91 Å². The van der Waals surface area contributed by atoms with E-state index >= 15 is 0 Å². The van der Waals surface area contributed by atoms with Crippen molar-refractivity contribution in [1.29, 1.82) is 0 Å². The van der Waals surface area contributed by atoms with Gasteiger partial charge in [-0.1, -0.05) is 18.2 Å². The Bertz CT molecular complexity index is 807. The maximum absolute atomic E-state index is 13.3. The molecule has 0 fully saturated rings. The number of anilines is 1. The number of rotatable bonds is 3. The minimum absolute atomic E-state index is 0.0377. The quantitative estimate of drug-likeness (QED) is 0.824. The van der Waals surface area contributed by atoms with E-state index in [1.807, 2.05) is 0 Å². The number of hydrogen-bond donors (Lipinski definition) is 0. The average molecular weight is 366 g/mol. The van der Waals surface area contributed by atoms with Crippen LogP contribution in [0.15, 0.2) is 48.5 Å². The molecule has 0 unspecified atom stereocenters. The van der Waals surface area contributed by atoms with Gasteiger partial charge in [0.1, 0.15) is 5.75 Å². The zero-order valence-corrected chi connectivity index (χ0v) is 14.4. The van der Waals surface area contributed by atoms with Gasteiger partial charge < -0.3 is 4.74 Å². The Morgan fingerprint density at radius 3 is 2.15 bits per heavy atom. The van der Waals surface area contributed by atoms with Gasteiger partial charge >= 0.3 is 12.2 Å². The summed E-state index contributed by atoms with van der Waals surface area (Å²) in [7, 11) is 3.79. The van der Waals surface area contributed by atoms with Gasteiger partial charge in [-0.05, 0) is 30.3 Å². The van der Waals surface area contributed by atoms with Crippen molar-refractivity contribution in [2.75, 3.05) is 26.1 Å². The van der Waals surface area contributed by atoms with Crippen LogP contribution in [0.25, 0.3) is 0 Å². The van der Waals surface area contributed by atoms with Gasteiger partial charge in [0.05, 0.1) is 18.2 Å². The Kier molecular flexibility index (Phi) is 5.54. The molecular weight excluding hydrogens is 349 g/mol. The van der Waals surface area contributed by atoms with Gasteiger partial charge in [0, 0.05) is 19.8 Å². The fourth-order valence-corrected chi connectivity index (χ4v) is 2.33. The lowest BCUT2D eigenvalue weighted by atomic mass is 10.1. The third-order valence-electron chi connectivity index (χ3n) is 3.78. The maximum Gasteiger partial charge on any atom is 0.417 e. The number of amides is 3. The lowest BCUT2D eigenvalue weighted by Crippen LogP contribution is -2.42. The molecule has 2 aromatic rings. The predicted molar refractivity (Wildman–Crippen MR) is 90.3 cm³/mol. The Morgan fingerprint density at radius 1 is 1.00 bits per heavy atom. The molecule has 0 aromatic heterocycles. The number of nitrogens with zero attached hydrogens (tertiary/aromatic N) is 2. The SMILES string of the molecule is COc1ccc(C(=O)N(C)C(=O)N(C)c2ccccc2)c(C(F)(F)F)c1. The second kappa shape index (κ2) is 7.47. The first-order chi connectivity index (χ1) is 12.2. The fourth-order valence-electron chi connectivity index (χ4n) is 2.33. The van der Waals surface area contributed by atoms with Crippen molar-refractivity contribution in [1.82, 2.24) is 4.90 Å². The van der Waals surface area contributed by atoms with Crippen LogP contribution >= 0.6 is 0 Å². The number of methoxy groups -OCH3 is 1. The van der Waals surface area contributed by atoms with E-state index in [4.69, 9.17) is 4.74 Å². The van der Waals surface area contributed by atoms with Crippen LogP contribution in [-0.2, 0) is 6.18 Å². The summed E-state index contributed by atoms with van der Waals surface area (Å²) in [4.78, 5) is 26.8. The molecular formula is C18H17F3N2O3. The molecule has 0 aliphatic rings. The zero-order chi connectivity index (χ0) is 19.5. The Morgan fingerprint density at radius 2 is 1.62 bits per heavy atom. The smallest absolute Gasteiger partial charge is 0.417 e. The standard InChI is InChI=1S/C18H17F3N2O3/c1-22(12-7-5-4-6-8-12)17(25)23(2)16(24)14-10-9-13(26-3)11-15(14)18(19,20)21/h4-11H,1-3H3. The molecule has 0 N–H and O–H groups in total. The summed E-state index contributed by atoms with van der Waals surface area (Å²) in [6.07, 6.45) is -4.77. The van der Waals surface area contributed by atoms with Crippen LogP contribution in [0.5, 0.6) is 5.75 Å². The molecule has 8 heteroatoms. The molecule has 0 aliphatic carbocycles. The lowest BCUT2D eigenvalue weighted by Gasteiger charge is -2.24. The van der Waals surface area contributed by atoms with E-state index in [2.05, 4.69) is 0 Å². The van der Waals surface area contributed by atoms with Crippen LogP contribution in [0.4, 0.5) is 23.7 Å². The summed E-state index contributed by atoms with van der Waals surface area (Å²) < 4.78 is 44.7. The van der Waals surface area contributed by atoms with Crippen LogP contribution in [-0.4, -0.2) is 38.0 Å². The van der Waals surface area contributed by atoms with Crippen molar-refractivity contribution >= 4 is 17.6 Å². The van der Waals surface area contributed by atoms with E-state index < -0.39 is 29.2 Å². The van der Waals surface area contributed by atoms with E-state index in [0.717, 1.165) is 19.2 Å². The Balaban J connectivity index is 2.35. The van der Waals surface area contributed by atoms with E-state index in [-0.39, 0.29) is 5.75 Å². The summed E-state index contributed by atoms with van der Waals surface area (Å²) in [6.45, 7) is 0. The minimum Gasteiger partial charge on any atom is -0.497 e. The van der Waals surface area contributed by atoms with Crippen molar-refractivity contribution in [3.63, 3.8) is 0 Å². The van der Waals surface area contributed by atoms with E-state index in [1.54, 1.807) is 30.3 Å². The second-order valence-corrected chi connectivity index (χ2v) is 5.45. The van der Waals surface area contributed by atoms with Gasteiger partial charge in [0.15, 0.2) is 0 Å². The minimum atomic E-state index is -4.77. The Hall–Kier alpha value is -3.03. The van der Waals surface area contributed by atoms with Gasteiger partial charge in [-0.3, -0.25) is 14.6 Å². The van der Waals surface area contributed by atoms with E-state index in [0.29, 0.717) is 10.6 Å². The summed E-state index contributed by atoms with van der Waals surface area (Å²) in [5, 5.41) is 0. The zero-order valence-electron chi connectivity index (χ0n) is 14.4. The van der Waals surface area contributed by atoms with Crippen molar-refractivity contribution in [2.24, 2.45) is 0 Å². The second-order valence-electron chi connectivity index (χ2n) is 5.45. The first-order valence-electron chi connectivity index (χ1n) is 7.53. The first-order valence-corrected chi connectivity index (χ1v) is 7.53. The van der Waals surface area contributed by atoms with Gasteiger partial charge in [0.2, 0.25) is 0 Å². The number of imide groups is 1.